The molecule has 0 aromatic heterocycles. The van der Waals surface area contributed by atoms with Crippen LogP contribution in [0.5, 0.6) is 0 Å². The van der Waals surface area contributed by atoms with Gasteiger partial charge in [0.15, 0.2) is 5.96 Å². The van der Waals surface area contributed by atoms with E-state index in [9.17, 15) is 0 Å². The Hall–Kier alpha value is -0.730. The minimum absolute atomic E-state index is 0.551. The summed E-state index contributed by atoms with van der Waals surface area (Å²) in [6.45, 7) is 8.47. The van der Waals surface area contributed by atoms with Crippen LogP contribution >= 0.6 is 0 Å². The van der Waals surface area contributed by atoms with Crippen molar-refractivity contribution in [3.05, 3.63) is 0 Å². The molecule has 0 spiro atoms. The summed E-state index contributed by atoms with van der Waals surface area (Å²) in [5, 5.41) is 0. The molecule has 70 valence electrons. The Labute approximate surface area is 74.6 Å². The molecule has 12 heavy (non-hydrogen) atoms. The fourth-order valence-electron chi connectivity index (χ4n) is 1.74. The van der Waals surface area contributed by atoms with E-state index in [0.717, 1.165) is 25.0 Å². The summed E-state index contributed by atoms with van der Waals surface area (Å²) < 4.78 is 0. The average molecular weight is 169 g/mol. The standard InChI is InChI=1S/C9H19N3/c1-4-12-8(5-7(2)3)6-11-9(12)10/h7-8H,4-6H2,1-3H3,(H2,10,11). The SMILES string of the molecule is CCN1C(N)=NCC1CC(C)C. The first-order valence-corrected chi connectivity index (χ1v) is 4.71. The van der Waals surface area contributed by atoms with Crippen molar-refractivity contribution in [2.45, 2.75) is 33.2 Å². The molecule has 0 saturated carbocycles. The Morgan fingerprint density at radius 1 is 1.67 bits per heavy atom. The molecule has 1 aliphatic rings. The van der Waals surface area contributed by atoms with Crippen LogP contribution in [-0.4, -0.2) is 30.0 Å². The third-order valence-corrected chi connectivity index (χ3v) is 2.28. The van der Waals surface area contributed by atoms with Crippen molar-refractivity contribution in [1.82, 2.24) is 4.90 Å². The largest absolute Gasteiger partial charge is 0.370 e. The lowest BCUT2D eigenvalue weighted by Gasteiger charge is -2.25. The molecule has 2 N–H and O–H groups in total. The summed E-state index contributed by atoms with van der Waals surface area (Å²) in [5.41, 5.74) is 5.73. The summed E-state index contributed by atoms with van der Waals surface area (Å²) in [5.74, 6) is 1.45. The van der Waals surface area contributed by atoms with E-state index in [1.807, 2.05) is 0 Å². The lowest BCUT2D eigenvalue weighted by atomic mass is 10.0. The predicted octanol–water partition coefficient (Wildman–Crippen LogP) is 1.05. The van der Waals surface area contributed by atoms with Gasteiger partial charge in [0.05, 0.1) is 12.6 Å². The average Bonchev–Trinajstić information content (AvgIpc) is 2.30. The number of hydrogen-bond donors (Lipinski definition) is 1. The molecule has 0 radical (unpaired) electrons. The normalized spacial score (nSPS) is 23.5. The first-order chi connectivity index (χ1) is 5.65. The molecule has 0 bridgehead atoms. The van der Waals surface area contributed by atoms with E-state index in [1.54, 1.807) is 0 Å². The molecule has 0 amide bonds. The number of aliphatic imine (C=N–C) groups is 1. The Kier molecular flexibility index (Phi) is 2.95. The minimum atomic E-state index is 0.551. The number of nitrogens with two attached hydrogens (primary N) is 1. The fraction of sp³-hybridized carbons (Fsp3) is 0.889. The highest BCUT2D eigenvalue weighted by Gasteiger charge is 2.24. The third kappa shape index (κ3) is 1.90. The molecular formula is C9H19N3. The highest BCUT2D eigenvalue weighted by molar-refractivity contribution is 5.80. The van der Waals surface area contributed by atoms with Gasteiger partial charge in [-0.15, -0.1) is 0 Å². The first kappa shape index (κ1) is 9.36. The highest BCUT2D eigenvalue weighted by Crippen LogP contribution is 2.15. The smallest absolute Gasteiger partial charge is 0.191 e. The van der Waals surface area contributed by atoms with Crippen LogP contribution in [0.4, 0.5) is 0 Å². The van der Waals surface area contributed by atoms with Crippen LogP contribution in [0.1, 0.15) is 27.2 Å². The van der Waals surface area contributed by atoms with Gasteiger partial charge in [-0.3, -0.25) is 4.99 Å². The van der Waals surface area contributed by atoms with Gasteiger partial charge in [-0.25, -0.2) is 0 Å². The maximum absolute atomic E-state index is 5.73. The molecule has 1 atom stereocenters. The predicted molar refractivity (Wildman–Crippen MR) is 52.1 cm³/mol. The van der Waals surface area contributed by atoms with Crippen LogP contribution in [0.15, 0.2) is 4.99 Å². The van der Waals surface area contributed by atoms with Crippen molar-refractivity contribution in [3.63, 3.8) is 0 Å². The van der Waals surface area contributed by atoms with E-state index in [2.05, 4.69) is 30.7 Å². The van der Waals surface area contributed by atoms with E-state index in [0.29, 0.717) is 6.04 Å². The maximum Gasteiger partial charge on any atom is 0.191 e. The Morgan fingerprint density at radius 3 is 2.83 bits per heavy atom. The molecule has 3 heteroatoms. The van der Waals surface area contributed by atoms with Gasteiger partial charge in [0.2, 0.25) is 0 Å². The minimum Gasteiger partial charge on any atom is -0.370 e. The second kappa shape index (κ2) is 3.78. The van der Waals surface area contributed by atoms with Crippen LogP contribution in [0.2, 0.25) is 0 Å². The van der Waals surface area contributed by atoms with E-state index in [4.69, 9.17) is 5.73 Å². The lowest BCUT2D eigenvalue weighted by Crippen LogP contribution is -2.40. The summed E-state index contributed by atoms with van der Waals surface area (Å²) in [4.78, 5) is 6.44. The number of rotatable bonds is 3. The van der Waals surface area contributed by atoms with E-state index < -0.39 is 0 Å². The van der Waals surface area contributed by atoms with Crippen molar-refractivity contribution >= 4 is 5.96 Å². The number of guanidine groups is 1. The summed E-state index contributed by atoms with van der Waals surface area (Å²) in [7, 11) is 0. The number of hydrogen-bond acceptors (Lipinski definition) is 3. The van der Waals surface area contributed by atoms with Gasteiger partial charge in [0.1, 0.15) is 0 Å². The van der Waals surface area contributed by atoms with Crippen LogP contribution in [-0.2, 0) is 0 Å². The molecule has 0 aliphatic carbocycles. The van der Waals surface area contributed by atoms with Crippen LogP contribution in [0, 0.1) is 5.92 Å². The number of nitrogens with zero attached hydrogens (tertiary/aromatic N) is 2. The molecule has 1 aliphatic heterocycles. The molecule has 1 unspecified atom stereocenters. The summed E-state index contributed by atoms with van der Waals surface area (Å²) in [6, 6.07) is 0.551. The van der Waals surface area contributed by atoms with Crippen molar-refractivity contribution in [2.75, 3.05) is 13.1 Å². The van der Waals surface area contributed by atoms with Gasteiger partial charge >= 0.3 is 0 Å². The van der Waals surface area contributed by atoms with Crippen LogP contribution in [0.25, 0.3) is 0 Å². The highest BCUT2D eigenvalue weighted by atomic mass is 15.3. The molecule has 0 aromatic carbocycles. The second-order valence-corrected chi connectivity index (χ2v) is 3.77. The van der Waals surface area contributed by atoms with E-state index in [-0.39, 0.29) is 0 Å². The zero-order valence-electron chi connectivity index (χ0n) is 8.25. The molecule has 1 heterocycles. The fourth-order valence-corrected chi connectivity index (χ4v) is 1.74. The van der Waals surface area contributed by atoms with Gasteiger partial charge < -0.3 is 10.6 Å². The first-order valence-electron chi connectivity index (χ1n) is 4.71. The summed E-state index contributed by atoms with van der Waals surface area (Å²) in [6.07, 6.45) is 1.19. The molecule has 0 saturated heterocycles. The molecule has 3 nitrogen and oxygen atoms in total. The summed E-state index contributed by atoms with van der Waals surface area (Å²) >= 11 is 0. The Morgan fingerprint density at radius 2 is 2.33 bits per heavy atom. The quantitative estimate of drug-likeness (QED) is 0.686. The van der Waals surface area contributed by atoms with Crippen molar-refractivity contribution in [2.24, 2.45) is 16.6 Å². The van der Waals surface area contributed by atoms with Gasteiger partial charge in [0.25, 0.3) is 0 Å². The molecule has 0 aromatic rings. The van der Waals surface area contributed by atoms with Gasteiger partial charge in [-0.05, 0) is 19.3 Å². The monoisotopic (exact) mass is 169 g/mol. The molecule has 1 rings (SSSR count). The zero-order chi connectivity index (χ0) is 9.14. The van der Waals surface area contributed by atoms with Crippen molar-refractivity contribution < 1.29 is 0 Å². The van der Waals surface area contributed by atoms with Gasteiger partial charge in [0, 0.05) is 6.54 Å². The lowest BCUT2D eigenvalue weighted by molar-refractivity contribution is 0.308. The molecule has 0 fully saturated rings. The van der Waals surface area contributed by atoms with E-state index >= 15 is 0 Å². The van der Waals surface area contributed by atoms with Crippen LogP contribution < -0.4 is 5.73 Å². The maximum atomic E-state index is 5.73. The van der Waals surface area contributed by atoms with Crippen molar-refractivity contribution in [3.8, 4) is 0 Å². The zero-order valence-corrected chi connectivity index (χ0v) is 8.25. The Bertz CT molecular complexity index is 175. The Balaban J connectivity index is 2.48. The van der Waals surface area contributed by atoms with Crippen LogP contribution in [0.3, 0.4) is 0 Å². The third-order valence-electron chi connectivity index (χ3n) is 2.28. The van der Waals surface area contributed by atoms with E-state index in [1.165, 1.54) is 6.42 Å². The number of likely N-dealkylation sites (N-methyl/N-ethyl adjacent to an activating group) is 1. The van der Waals surface area contributed by atoms with Gasteiger partial charge in [-0.2, -0.15) is 0 Å². The van der Waals surface area contributed by atoms with Crippen molar-refractivity contribution in [1.29, 1.82) is 0 Å². The second-order valence-electron chi connectivity index (χ2n) is 3.77. The van der Waals surface area contributed by atoms with Gasteiger partial charge in [-0.1, -0.05) is 13.8 Å². The molecular weight excluding hydrogens is 150 g/mol. The topological polar surface area (TPSA) is 41.6 Å².